The van der Waals surface area contributed by atoms with Gasteiger partial charge in [0.25, 0.3) is 0 Å². The molecule has 7 heteroatoms. The molecule has 0 aromatic rings. The molecule has 2 saturated carbocycles. The van der Waals surface area contributed by atoms with Crippen molar-refractivity contribution in [1.82, 2.24) is 0 Å². The van der Waals surface area contributed by atoms with E-state index in [1.54, 1.807) is 0 Å². The summed E-state index contributed by atoms with van der Waals surface area (Å²) in [4.78, 5) is 0. The summed E-state index contributed by atoms with van der Waals surface area (Å²) in [6, 6.07) is 0. The van der Waals surface area contributed by atoms with Gasteiger partial charge in [0.2, 0.25) is 0 Å². The van der Waals surface area contributed by atoms with E-state index in [4.69, 9.17) is 33.5 Å². The van der Waals surface area contributed by atoms with Gasteiger partial charge in [0.15, 0.2) is 12.6 Å². The van der Waals surface area contributed by atoms with Crippen molar-refractivity contribution in [2.75, 3.05) is 39.6 Å². The Morgan fingerprint density at radius 3 is 1.53 bits per heavy atom. The van der Waals surface area contributed by atoms with Gasteiger partial charge in [-0.25, -0.2) is 0 Å². The standard InChI is InChI=1S/C13H24O3.C12H22O4/c1-11-9-12(10-11)14-7-4-8-16-13-5-2-3-6-15-13;13-10-8-11(9-10)14-6-3-7-16-12-4-1-2-5-15-12/h11-13H,2-10H2,1H3;10-13H,1-9H2. The highest BCUT2D eigenvalue weighted by Gasteiger charge is 2.27. The Morgan fingerprint density at radius 2 is 1.12 bits per heavy atom. The maximum absolute atomic E-state index is 9.07. The van der Waals surface area contributed by atoms with Crippen LogP contribution in [0.3, 0.4) is 0 Å². The van der Waals surface area contributed by atoms with Gasteiger partial charge in [-0.15, -0.1) is 0 Å². The van der Waals surface area contributed by atoms with E-state index in [1.807, 2.05) is 0 Å². The lowest BCUT2D eigenvalue weighted by molar-refractivity contribution is -0.166. The summed E-state index contributed by atoms with van der Waals surface area (Å²) in [5.41, 5.74) is 0. The first-order valence-corrected chi connectivity index (χ1v) is 13.1. The Bertz CT molecular complexity index is 411. The van der Waals surface area contributed by atoms with Gasteiger partial charge in [-0.3, -0.25) is 0 Å². The first-order valence-electron chi connectivity index (χ1n) is 13.1. The summed E-state index contributed by atoms with van der Waals surface area (Å²) in [7, 11) is 0. The number of hydrogen-bond acceptors (Lipinski definition) is 7. The van der Waals surface area contributed by atoms with Crippen LogP contribution in [0.4, 0.5) is 0 Å². The molecule has 0 bridgehead atoms. The topological polar surface area (TPSA) is 75.6 Å². The van der Waals surface area contributed by atoms with Gasteiger partial charge in [-0.1, -0.05) is 6.92 Å². The summed E-state index contributed by atoms with van der Waals surface area (Å²) < 4.78 is 33.4. The zero-order valence-corrected chi connectivity index (χ0v) is 20.1. The Hall–Kier alpha value is -0.280. The molecule has 4 rings (SSSR count). The van der Waals surface area contributed by atoms with Crippen molar-refractivity contribution in [1.29, 1.82) is 0 Å². The second-order valence-corrected chi connectivity index (χ2v) is 9.73. The quantitative estimate of drug-likeness (QED) is 0.439. The van der Waals surface area contributed by atoms with E-state index < -0.39 is 0 Å². The molecule has 4 fully saturated rings. The highest BCUT2D eigenvalue weighted by molar-refractivity contribution is 4.79. The minimum Gasteiger partial charge on any atom is -0.393 e. The summed E-state index contributed by atoms with van der Waals surface area (Å²) in [5, 5.41) is 9.07. The Kier molecular flexibility index (Phi) is 12.8. The van der Waals surface area contributed by atoms with E-state index in [1.165, 1.54) is 32.1 Å². The van der Waals surface area contributed by atoms with Crippen LogP contribution >= 0.6 is 0 Å². The molecule has 32 heavy (non-hydrogen) atoms. The first-order chi connectivity index (χ1) is 15.7. The van der Waals surface area contributed by atoms with Crippen molar-refractivity contribution in [2.45, 2.75) is 115 Å². The molecule has 188 valence electrons. The van der Waals surface area contributed by atoms with Crippen molar-refractivity contribution < 1.29 is 33.5 Å². The van der Waals surface area contributed by atoms with Crippen molar-refractivity contribution in [3.63, 3.8) is 0 Å². The normalized spacial score (nSPS) is 34.7. The number of aliphatic hydroxyl groups excluding tert-OH is 1. The summed E-state index contributed by atoms with van der Waals surface area (Å²) in [6.45, 7) is 7.02. The number of rotatable bonds is 12. The molecule has 2 aliphatic carbocycles. The molecule has 2 aliphatic heterocycles. The van der Waals surface area contributed by atoms with Gasteiger partial charge >= 0.3 is 0 Å². The predicted octanol–water partition coefficient (Wildman–Crippen LogP) is 4.19. The number of hydrogen-bond donors (Lipinski definition) is 1. The maximum atomic E-state index is 9.07. The van der Waals surface area contributed by atoms with Crippen LogP contribution in [0.25, 0.3) is 0 Å². The van der Waals surface area contributed by atoms with E-state index >= 15 is 0 Å². The van der Waals surface area contributed by atoms with Gasteiger partial charge in [-0.05, 0) is 83.0 Å². The van der Waals surface area contributed by atoms with Crippen LogP contribution < -0.4 is 0 Å². The van der Waals surface area contributed by atoms with Gasteiger partial charge in [0, 0.05) is 26.4 Å². The lowest BCUT2D eigenvalue weighted by Gasteiger charge is -2.32. The Morgan fingerprint density at radius 1 is 0.656 bits per heavy atom. The van der Waals surface area contributed by atoms with Crippen molar-refractivity contribution >= 4 is 0 Å². The largest absolute Gasteiger partial charge is 0.393 e. The summed E-state index contributed by atoms with van der Waals surface area (Å²) in [6.07, 6.45) is 13.6. The minimum absolute atomic E-state index is 0.0132. The lowest BCUT2D eigenvalue weighted by atomic mass is 9.84. The molecule has 2 atom stereocenters. The van der Waals surface area contributed by atoms with Crippen LogP contribution in [0, 0.1) is 5.92 Å². The average Bonchev–Trinajstić information content (AvgIpc) is 2.78. The summed E-state index contributed by atoms with van der Waals surface area (Å²) in [5.74, 6) is 0.872. The first kappa shape index (κ1) is 26.3. The third-order valence-corrected chi connectivity index (χ3v) is 6.57. The van der Waals surface area contributed by atoms with E-state index in [-0.39, 0.29) is 24.8 Å². The number of ether oxygens (including phenoxy) is 6. The van der Waals surface area contributed by atoms with Crippen LogP contribution in [0.5, 0.6) is 0 Å². The van der Waals surface area contributed by atoms with E-state index in [9.17, 15) is 0 Å². The zero-order chi connectivity index (χ0) is 22.4. The van der Waals surface area contributed by atoms with Crippen LogP contribution in [0.2, 0.25) is 0 Å². The Labute approximate surface area is 194 Å². The molecule has 1 N–H and O–H groups in total. The van der Waals surface area contributed by atoms with E-state index in [0.29, 0.717) is 12.7 Å². The van der Waals surface area contributed by atoms with Crippen LogP contribution in [-0.4, -0.2) is 75.6 Å². The summed E-state index contributed by atoms with van der Waals surface area (Å²) >= 11 is 0. The van der Waals surface area contributed by atoms with Gasteiger partial charge < -0.3 is 33.5 Å². The molecule has 2 saturated heterocycles. The fraction of sp³-hybridized carbons (Fsp3) is 1.00. The monoisotopic (exact) mass is 458 g/mol. The highest BCUT2D eigenvalue weighted by atomic mass is 16.7. The maximum Gasteiger partial charge on any atom is 0.157 e. The second-order valence-electron chi connectivity index (χ2n) is 9.73. The molecule has 0 amide bonds. The van der Waals surface area contributed by atoms with E-state index in [0.717, 1.165) is 83.9 Å². The SMILES string of the molecule is CC1CC(OCCCOC2CCCCO2)C1.OC1CC(OCCCOC2CCCCO2)C1. The average molecular weight is 459 g/mol. The van der Waals surface area contributed by atoms with Crippen LogP contribution in [0.1, 0.15) is 84.0 Å². The number of aliphatic hydroxyl groups is 1. The molecule has 2 heterocycles. The molecule has 0 aromatic carbocycles. The van der Waals surface area contributed by atoms with Gasteiger partial charge in [0.05, 0.1) is 31.5 Å². The van der Waals surface area contributed by atoms with E-state index in [2.05, 4.69) is 6.92 Å². The van der Waals surface area contributed by atoms with Crippen LogP contribution in [0.15, 0.2) is 0 Å². The molecule has 0 aromatic heterocycles. The fourth-order valence-electron chi connectivity index (χ4n) is 4.37. The second kappa shape index (κ2) is 15.6. The smallest absolute Gasteiger partial charge is 0.157 e. The molecule has 7 nitrogen and oxygen atoms in total. The molecular weight excluding hydrogens is 412 g/mol. The van der Waals surface area contributed by atoms with Crippen molar-refractivity contribution in [3.05, 3.63) is 0 Å². The lowest BCUT2D eigenvalue weighted by Crippen LogP contribution is -2.35. The third-order valence-electron chi connectivity index (χ3n) is 6.57. The molecule has 0 spiro atoms. The molecule has 2 unspecified atom stereocenters. The minimum atomic E-state index is -0.128. The van der Waals surface area contributed by atoms with Gasteiger partial charge in [0.1, 0.15) is 0 Å². The molecule has 0 radical (unpaired) electrons. The van der Waals surface area contributed by atoms with Crippen molar-refractivity contribution in [3.8, 4) is 0 Å². The highest BCUT2D eigenvalue weighted by Crippen LogP contribution is 2.29. The predicted molar refractivity (Wildman–Crippen MR) is 121 cm³/mol. The third kappa shape index (κ3) is 10.8. The van der Waals surface area contributed by atoms with Crippen LogP contribution in [-0.2, 0) is 28.4 Å². The van der Waals surface area contributed by atoms with Gasteiger partial charge in [-0.2, -0.15) is 0 Å². The van der Waals surface area contributed by atoms with Crippen molar-refractivity contribution in [2.24, 2.45) is 5.92 Å². The fourth-order valence-corrected chi connectivity index (χ4v) is 4.37. The molecular formula is C25H46O7. The molecule has 4 aliphatic rings. The zero-order valence-electron chi connectivity index (χ0n) is 20.1. The Balaban J connectivity index is 0.000000181.